The Morgan fingerprint density at radius 3 is 1.81 bits per heavy atom. The highest BCUT2D eigenvalue weighted by atomic mass is 32.2. The minimum atomic E-state index is -5.63. The molecule has 1 aliphatic heterocycles. The Labute approximate surface area is 452 Å². The molecule has 0 spiro atoms. The Kier molecular flexibility index (Phi) is 20.9. The van der Waals surface area contributed by atoms with Crippen LogP contribution in [0.1, 0.15) is 28.7 Å². The summed E-state index contributed by atoms with van der Waals surface area (Å²) in [7, 11) is -14.1. The van der Waals surface area contributed by atoms with E-state index < -0.39 is 118 Å². The number of aryl methyl sites for hydroxylation is 2. The number of halogens is 5. The van der Waals surface area contributed by atoms with Crippen molar-refractivity contribution in [3.8, 4) is 5.75 Å². The van der Waals surface area contributed by atoms with Crippen LogP contribution < -0.4 is 29.6 Å². The van der Waals surface area contributed by atoms with E-state index in [1.165, 1.54) is 66.8 Å². The standard InChI is InChI=1S/C52H54F5N5O12S4/c1-5-26-72-52-40(59-51(65)41(28-33-9-7-6-8-10-33)60-50(64)39(25-27-75-4)61-77(68,69)48-46(56)44(54)43(53)45(55)47(48)57)24-19-36(73-52)30-58-49(63)42(62-76(66,67)37-20-11-31(2)12-21-37)29-34-15-17-35(18-16-34)74-78(70,71)38-22-13-32(3)14-23-38/h5-24,36,39-42,52,61-62H,1,25-30H2,2-4H3,(H,58,63)(H,59,65)(H,60,64)/t36-,39-,40-,41-,42-,52-/m0/s1. The van der Waals surface area contributed by atoms with Gasteiger partial charge >= 0.3 is 10.1 Å². The van der Waals surface area contributed by atoms with Crippen molar-refractivity contribution < 1.29 is 75.2 Å². The molecule has 0 bridgehead atoms. The van der Waals surface area contributed by atoms with E-state index in [9.17, 15) is 61.6 Å². The van der Waals surface area contributed by atoms with Crippen molar-refractivity contribution in [3.05, 3.63) is 179 Å². The molecule has 0 saturated carbocycles. The second-order valence-corrected chi connectivity index (χ2v) is 23.5. The first-order valence-corrected chi connectivity index (χ1v) is 29.4. The second-order valence-electron chi connectivity index (χ2n) is 17.6. The van der Waals surface area contributed by atoms with Gasteiger partial charge in [0.15, 0.2) is 34.5 Å². The lowest BCUT2D eigenvalue weighted by atomic mass is 10.0. The molecule has 0 aromatic heterocycles. The number of amides is 3. The number of rotatable bonds is 26. The molecule has 26 heteroatoms. The lowest BCUT2D eigenvalue weighted by Crippen LogP contribution is -2.58. The van der Waals surface area contributed by atoms with Crippen molar-refractivity contribution in [1.29, 1.82) is 0 Å². The van der Waals surface area contributed by atoms with Crippen LogP contribution >= 0.6 is 11.8 Å². The second kappa shape index (κ2) is 26.9. The van der Waals surface area contributed by atoms with Gasteiger partial charge in [0.2, 0.25) is 43.6 Å². The molecule has 1 aliphatic rings. The number of hydrogen-bond acceptors (Lipinski definition) is 13. The van der Waals surface area contributed by atoms with Crippen molar-refractivity contribution in [2.24, 2.45) is 0 Å². The Morgan fingerprint density at radius 1 is 0.667 bits per heavy atom. The number of ether oxygens (including phenoxy) is 2. The fourth-order valence-corrected chi connectivity index (χ4v) is 11.6. The lowest BCUT2D eigenvalue weighted by molar-refractivity contribution is -0.171. The van der Waals surface area contributed by atoms with Gasteiger partial charge in [-0.3, -0.25) is 14.4 Å². The van der Waals surface area contributed by atoms with Gasteiger partial charge in [-0.2, -0.15) is 29.6 Å². The Morgan fingerprint density at radius 2 is 1.22 bits per heavy atom. The topological polar surface area (TPSA) is 241 Å². The summed E-state index contributed by atoms with van der Waals surface area (Å²) in [5.41, 5.74) is 2.54. The van der Waals surface area contributed by atoms with E-state index in [1.807, 2.05) is 0 Å². The van der Waals surface area contributed by atoms with Gasteiger partial charge in [-0.1, -0.05) is 96.1 Å². The molecule has 0 saturated heterocycles. The van der Waals surface area contributed by atoms with Crippen LogP contribution in [0.3, 0.4) is 0 Å². The number of carbonyl (C=O) groups excluding carboxylic acids is 3. The number of thioether (sulfide) groups is 1. The maximum absolute atomic E-state index is 14.7. The maximum Gasteiger partial charge on any atom is 0.339 e. The van der Waals surface area contributed by atoms with Gasteiger partial charge in [-0.05, 0) is 86.2 Å². The zero-order chi connectivity index (χ0) is 57.0. The molecule has 0 fully saturated rings. The average molecular weight is 1160 g/mol. The Balaban J connectivity index is 1.19. The molecule has 0 unspecified atom stereocenters. The summed E-state index contributed by atoms with van der Waals surface area (Å²) in [6.07, 6.45) is 2.80. The molecular formula is C52H54F5N5O12S4. The first-order valence-electron chi connectivity index (χ1n) is 23.6. The van der Waals surface area contributed by atoms with Crippen LogP contribution in [-0.4, -0.2) is 105 Å². The van der Waals surface area contributed by atoms with E-state index in [0.29, 0.717) is 11.1 Å². The quantitative estimate of drug-likeness (QED) is 0.0150. The third kappa shape index (κ3) is 16.1. The first-order chi connectivity index (χ1) is 36.9. The van der Waals surface area contributed by atoms with Gasteiger partial charge in [0, 0.05) is 13.0 Å². The fraction of sp³-hybridized carbons (Fsp3) is 0.288. The van der Waals surface area contributed by atoms with Crippen LogP contribution in [0, 0.1) is 42.9 Å². The number of sulfonamides is 2. The molecule has 0 radical (unpaired) electrons. The lowest BCUT2D eigenvalue weighted by Gasteiger charge is -2.34. The maximum atomic E-state index is 14.7. The Hall–Kier alpha value is -6.52. The fourth-order valence-electron chi connectivity index (χ4n) is 7.60. The molecule has 3 amide bonds. The molecule has 6 rings (SSSR count). The van der Waals surface area contributed by atoms with E-state index in [2.05, 4.69) is 27.3 Å². The minimum absolute atomic E-state index is 0.0420. The molecule has 78 heavy (non-hydrogen) atoms. The van der Waals surface area contributed by atoms with E-state index in [4.69, 9.17) is 13.7 Å². The van der Waals surface area contributed by atoms with Gasteiger partial charge in [-0.15, -0.1) is 6.58 Å². The molecular weight excluding hydrogens is 1110 g/mol. The summed E-state index contributed by atoms with van der Waals surface area (Å²) in [5, 5.41) is 7.83. The van der Waals surface area contributed by atoms with E-state index in [0.717, 1.165) is 22.9 Å². The van der Waals surface area contributed by atoms with E-state index in [1.54, 1.807) is 79.4 Å². The molecule has 5 aromatic carbocycles. The summed E-state index contributed by atoms with van der Waals surface area (Å²) >= 11 is 1.13. The van der Waals surface area contributed by atoms with Crippen LogP contribution in [0.5, 0.6) is 5.75 Å². The largest absolute Gasteiger partial charge is 0.379 e. The monoisotopic (exact) mass is 1160 g/mol. The first kappa shape index (κ1) is 60.7. The predicted octanol–water partition coefficient (Wildman–Crippen LogP) is 5.57. The molecule has 5 N–H and O–H groups in total. The third-order valence-electron chi connectivity index (χ3n) is 11.7. The third-order valence-corrected chi connectivity index (χ3v) is 16.6. The van der Waals surface area contributed by atoms with E-state index in [-0.39, 0.29) is 53.7 Å². The molecule has 418 valence electrons. The summed E-state index contributed by atoms with van der Waals surface area (Å²) < 4.78 is 173. The number of benzene rings is 5. The van der Waals surface area contributed by atoms with Crippen molar-refractivity contribution >= 4 is 59.6 Å². The smallest absolute Gasteiger partial charge is 0.339 e. The Bertz CT molecular complexity index is 3300. The van der Waals surface area contributed by atoms with Crippen molar-refractivity contribution in [2.75, 3.05) is 25.2 Å². The highest BCUT2D eigenvalue weighted by Crippen LogP contribution is 2.28. The molecule has 6 atom stereocenters. The van der Waals surface area contributed by atoms with Gasteiger partial charge in [0.25, 0.3) is 0 Å². The van der Waals surface area contributed by atoms with Gasteiger partial charge in [0.1, 0.15) is 28.8 Å². The van der Waals surface area contributed by atoms with Crippen molar-refractivity contribution in [2.45, 2.75) is 84.4 Å². The number of nitrogens with one attached hydrogen (secondary N) is 5. The van der Waals surface area contributed by atoms with Gasteiger partial charge in [-0.25, -0.2) is 38.8 Å². The number of hydrogen-bond donors (Lipinski definition) is 5. The zero-order valence-electron chi connectivity index (χ0n) is 41.9. The minimum Gasteiger partial charge on any atom is -0.379 e. The number of carbonyl (C=O) groups is 3. The van der Waals surface area contributed by atoms with Crippen LogP contribution in [-0.2, 0) is 66.9 Å². The average Bonchev–Trinajstić information content (AvgIpc) is 3.45. The van der Waals surface area contributed by atoms with Crippen molar-refractivity contribution in [1.82, 2.24) is 25.4 Å². The highest BCUT2D eigenvalue weighted by Gasteiger charge is 2.38. The molecule has 5 aromatic rings. The van der Waals surface area contributed by atoms with Crippen LogP contribution in [0.15, 0.2) is 143 Å². The highest BCUT2D eigenvalue weighted by molar-refractivity contribution is 7.98. The van der Waals surface area contributed by atoms with Gasteiger partial charge < -0.3 is 29.6 Å². The SMILES string of the molecule is C=CCO[C@H]1O[C@H](CNC(=O)[C@H](Cc2ccc(OS(=O)(=O)c3ccc(C)cc3)cc2)NS(=O)(=O)c2ccc(C)cc2)C=C[C@@H]1NC(=O)[C@H](Cc1ccccc1)NC(=O)[C@H](CCSC)NS(=O)(=O)c1c(F)c(F)c(F)c(F)c1F. The van der Waals surface area contributed by atoms with Crippen molar-refractivity contribution in [3.63, 3.8) is 0 Å². The van der Waals surface area contributed by atoms with Crippen LogP contribution in [0.25, 0.3) is 0 Å². The summed E-state index contributed by atoms with van der Waals surface area (Å²) in [6.45, 7) is 6.80. The zero-order valence-corrected chi connectivity index (χ0v) is 45.1. The van der Waals surface area contributed by atoms with Crippen LogP contribution in [0.4, 0.5) is 22.0 Å². The molecule has 1 heterocycles. The summed E-state index contributed by atoms with van der Waals surface area (Å²) in [6, 6.07) is 19.8. The molecule has 0 aliphatic carbocycles. The van der Waals surface area contributed by atoms with Gasteiger partial charge in [0.05, 0.1) is 23.6 Å². The molecule has 17 nitrogen and oxygen atoms in total. The van der Waals surface area contributed by atoms with E-state index >= 15 is 0 Å². The summed E-state index contributed by atoms with van der Waals surface area (Å²) in [5.74, 6) is -15.8. The van der Waals surface area contributed by atoms with Crippen LogP contribution in [0.2, 0.25) is 0 Å². The summed E-state index contributed by atoms with van der Waals surface area (Å²) in [4.78, 5) is 39.7. The predicted molar refractivity (Wildman–Crippen MR) is 279 cm³/mol. The normalized spacial score (nSPS) is 16.8.